The fraction of sp³-hybridized carbons (Fsp3) is 0.182. The van der Waals surface area contributed by atoms with Crippen LogP contribution in [-0.2, 0) is 13.7 Å². The second-order valence-electron chi connectivity index (χ2n) is 6.66. The molecule has 0 atom stereocenters. The van der Waals surface area contributed by atoms with Crippen LogP contribution in [0.1, 0.15) is 16.1 Å². The molecule has 0 aliphatic carbocycles. The second-order valence-corrected chi connectivity index (χ2v) is 6.66. The molecule has 1 N–H and O–H groups in total. The van der Waals surface area contributed by atoms with Gasteiger partial charge >= 0.3 is 0 Å². The van der Waals surface area contributed by atoms with Crippen LogP contribution in [0.15, 0.2) is 59.5 Å². The van der Waals surface area contributed by atoms with Gasteiger partial charge in [-0.3, -0.25) is 9.59 Å². The number of nitrogens with one attached hydrogen (secondary N) is 1. The lowest BCUT2D eigenvalue weighted by Crippen LogP contribution is -2.21. The van der Waals surface area contributed by atoms with Gasteiger partial charge < -0.3 is 28.8 Å². The summed E-state index contributed by atoms with van der Waals surface area (Å²) in [6, 6.07) is 13.7. The van der Waals surface area contributed by atoms with Crippen LogP contribution >= 0.6 is 0 Å². The second kappa shape index (κ2) is 8.20. The molecule has 8 heteroatoms. The van der Waals surface area contributed by atoms with Gasteiger partial charge in [-0.1, -0.05) is 12.1 Å². The van der Waals surface area contributed by atoms with Gasteiger partial charge in [0.05, 0.1) is 13.3 Å². The normalized spacial score (nSPS) is 11.8. The first-order valence-electron chi connectivity index (χ1n) is 9.21. The van der Waals surface area contributed by atoms with Crippen LogP contribution in [0.3, 0.4) is 0 Å². The Kier molecular flexibility index (Phi) is 5.30. The molecule has 3 aromatic rings. The van der Waals surface area contributed by atoms with Gasteiger partial charge in [-0.25, -0.2) is 0 Å². The van der Waals surface area contributed by atoms with Gasteiger partial charge in [-0.2, -0.15) is 0 Å². The number of methoxy groups -OCH3 is 1. The van der Waals surface area contributed by atoms with Gasteiger partial charge in [0.2, 0.25) is 12.2 Å². The van der Waals surface area contributed by atoms with Crippen molar-refractivity contribution < 1.29 is 23.7 Å². The van der Waals surface area contributed by atoms with E-state index in [0.29, 0.717) is 22.9 Å². The van der Waals surface area contributed by atoms with Crippen molar-refractivity contribution in [2.24, 2.45) is 7.05 Å². The molecule has 0 saturated heterocycles. The summed E-state index contributed by atoms with van der Waals surface area (Å²) in [5.74, 6) is 1.62. The number of rotatable bonds is 6. The number of nitrogens with zero attached hydrogens (tertiary/aromatic N) is 1. The maximum absolute atomic E-state index is 12.7. The zero-order valence-electron chi connectivity index (χ0n) is 16.5. The Morgan fingerprint density at radius 2 is 1.97 bits per heavy atom. The molecule has 1 amide bonds. The van der Waals surface area contributed by atoms with Gasteiger partial charge in [0.1, 0.15) is 18.1 Å². The summed E-state index contributed by atoms with van der Waals surface area (Å²) in [5.41, 5.74) is 1.22. The molecule has 0 saturated carbocycles. The zero-order valence-corrected chi connectivity index (χ0v) is 16.5. The number of benzene rings is 2. The number of ether oxygens (including phenoxy) is 4. The van der Waals surface area contributed by atoms with Gasteiger partial charge in [-0.05, 0) is 29.8 Å². The van der Waals surface area contributed by atoms with E-state index in [-0.39, 0.29) is 30.3 Å². The highest BCUT2D eigenvalue weighted by molar-refractivity contribution is 6.03. The van der Waals surface area contributed by atoms with Crippen molar-refractivity contribution in [3.8, 4) is 23.0 Å². The minimum atomic E-state index is -0.423. The third-order valence-corrected chi connectivity index (χ3v) is 4.59. The molecule has 0 spiro atoms. The number of amides is 1. The Morgan fingerprint density at radius 1 is 1.13 bits per heavy atom. The average molecular weight is 408 g/mol. The molecule has 1 aliphatic heterocycles. The van der Waals surface area contributed by atoms with Crippen LogP contribution in [0.4, 0.5) is 5.69 Å². The van der Waals surface area contributed by atoms with E-state index in [1.165, 1.54) is 12.3 Å². The molecule has 4 rings (SSSR count). The summed E-state index contributed by atoms with van der Waals surface area (Å²) in [6.07, 6.45) is 1.50. The predicted octanol–water partition coefficient (Wildman–Crippen LogP) is 2.95. The van der Waals surface area contributed by atoms with E-state index in [9.17, 15) is 9.59 Å². The summed E-state index contributed by atoms with van der Waals surface area (Å²) < 4.78 is 23.0. The van der Waals surface area contributed by atoms with Crippen molar-refractivity contribution in [2.75, 3.05) is 19.2 Å². The summed E-state index contributed by atoms with van der Waals surface area (Å²) in [4.78, 5) is 25.1. The highest BCUT2D eigenvalue weighted by Gasteiger charge is 2.17. The molecule has 2 heterocycles. The van der Waals surface area contributed by atoms with Crippen LogP contribution in [0, 0.1) is 0 Å². The molecule has 0 unspecified atom stereocenters. The van der Waals surface area contributed by atoms with E-state index < -0.39 is 5.91 Å². The maximum atomic E-state index is 12.7. The topological polar surface area (TPSA) is 88.0 Å². The van der Waals surface area contributed by atoms with E-state index in [1.54, 1.807) is 36.9 Å². The van der Waals surface area contributed by atoms with Crippen LogP contribution in [0.2, 0.25) is 0 Å². The maximum Gasteiger partial charge on any atom is 0.272 e. The largest absolute Gasteiger partial charge is 0.497 e. The first-order valence-corrected chi connectivity index (χ1v) is 9.21. The number of hydrogen-bond donors (Lipinski definition) is 1. The van der Waals surface area contributed by atoms with Crippen molar-refractivity contribution in [1.29, 1.82) is 0 Å². The molecule has 1 aliphatic rings. The Hall–Kier alpha value is -3.94. The fourth-order valence-corrected chi connectivity index (χ4v) is 3.03. The van der Waals surface area contributed by atoms with Gasteiger partial charge in [0.15, 0.2) is 17.2 Å². The van der Waals surface area contributed by atoms with Crippen molar-refractivity contribution in [2.45, 2.75) is 6.61 Å². The quantitative estimate of drug-likeness (QED) is 0.675. The lowest BCUT2D eigenvalue weighted by Gasteiger charge is -2.12. The van der Waals surface area contributed by atoms with Crippen molar-refractivity contribution >= 4 is 11.6 Å². The molecule has 30 heavy (non-hydrogen) atoms. The third kappa shape index (κ3) is 4.07. The summed E-state index contributed by atoms with van der Waals surface area (Å²) in [7, 11) is 3.26. The minimum absolute atomic E-state index is 0.151. The standard InChI is InChI=1S/C22H20N2O6/c1-24-11-21(28-12-14-4-3-5-16(8-14)27-2)18(25)10-17(24)22(26)23-15-6-7-19-20(9-15)30-13-29-19/h3-11H,12-13H2,1-2H3,(H,23,26). The number of hydrogen-bond acceptors (Lipinski definition) is 6. The average Bonchev–Trinajstić information content (AvgIpc) is 3.22. The SMILES string of the molecule is COc1cccc(COc2cn(C)c(C(=O)Nc3ccc4c(c3)OCO4)cc2=O)c1. The molecule has 8 nitrogen and oxygen atoms in total. The van der Waals surface area contributed by atoms with Crippen LogP contribution < -0.4 is 29.7 Å². The summed E-state index contributed by atoms with van der Waals surface area (Å²) >= 11 is 0. The highest BCUT2D eigenvalue weighted by Crippen LogP contribution is 2.34. The highest BCUT2D eigenvalue weighted by atomic mass is 16.7. The third-order valence-electron chi connectivity index (χ3n) is 4.59. The van der Waals surface area contributed by atoms with Crippen molar-refractivity contribution in [3.05, 3.63) is 76.2 Å². The van der Waals surface area contributed by atoms with E-state index >= 15 is 0 Å². The number of carbonyl (C=O) groups excluding carboxylic acids is 1. The monoisotopic (exact) mass is 408 g/mol. The number of aromatic nitrogens is 1. The Balaban J connectivity index is 1.47. The van der Waals surface area contributed by atoms with Crippen LogP contribution in [0.5, 0.6) is 23.0 Å². The molecular formula is C22H20N2O6. The predicted molar refractivity (Wildman–Crippen MR) is 110 cm³/mol. The van der Waals surface area contributed by atoms with Crippen LogP contribution in [0.25, 0.3) is 0 Å². The lowest BCUT2D eigenvalue weighted by molar-refractivity contribution is 0.101. The van der Waals surface area contributed by atoms with E-state index in [1.807, 2.05) is 24.3 Å². The first-order chi connectivity index (χ1) is 14.5. The van der Waals surface area contributed by atoms with Crippen molar-refractivity contribution in [1.82, 2.24) is 4.57 Å². The number of fused-ring (bicyclic) bond motifs is 1. The van der Waals surface area contributed by atoms with Gasteiger partial charge in [-0.15, -0.1) is 0 Å². The zero-order chi connectivity index (χ0) is 21.1. The van der Waals surface area contributed by atoms with E-state index in [4.69, 9.17) is 18.9 Å². The number of anilines is 1. The molecule has 2 aromatic carbocycles. The summed E-state index contributed by atoms with van der Waals surface area (Å²) in [6.45, 7) is 0.355. The Bertz CT molecular complexity index is 1150. The molecule has 154 valence electrons. The molecule has 1 aromatic heterocycles. The fourth-order valence-electron chi connectivity index (χ4n) is 3.03. The van der Waals surface area contributed by atoms with Crippen LogP contribution in [-0.4, -0.2) is 24.4 Å². The van der Waals surface area contributed by atoms with Gasteiger partial charge in [0, 0.05) is 24.9 Å². The number of pyridine rings is 1. The molecular weight excluding hydrogens is 388 g/mol. The van der Waals surface area contributed by atoms with E-state index in [0.717, 1.165) is 5.56 Å². The van der Waals surface area contributed by atoms with Crippen molar-refractivity contribution in [3.63, 3.8) is 0 Å². The van der Waals surface area contributed by atoms with Gasteiger partial charge in [0.25, 0.3) is 5.91 Å². The number of carbonyl (C=O) groups is 1. The number of aryl methyl sites for hydroxylation is 1. The molecule has 0 radical (unpaired) electrons. The first kappa shape index (κ1) is 19.4. The Morgan fingerprint density at radius 3 is 2.80 bits per heavy atom. The minimum Gasteiger partial charge on any atom is -0.497 e. The Labute approximate surface area is 172 Å². The molecule has 0 fully saturated rings. The van der Waals surface area contributed by atoms with E-state index in [2.05, 4.69) is 5.32 Å². The summed E-state index contributed by atoms with van der Waals surface area (Å²) in [5, 5.41) is 2.76. The smallest absolute Gasteiger partial charge is 0.272 e. The molecule has 0 bridgehead atoms. The lowest BCUT2D eigenvalue weighted by atomic mass is 10.2.